The van der Waals surface area contributed by atoms with Crippen LogP contribution in [0.2, 0.25) is 0 Å². The summed E-state index contributed by atoms with van der Waals surface area (Å²) < 4.78 is 5.48. The van der Waals surface area contributed by atoms with E-state index in [1.165, 1.54) is 12.8 Å². The standard InChI is InChI=1S/C13H21N3O/c1-4-17-12-7-11(14-8-9(2)3)15-13(16-12)10-5-6-10/h7,9-10H,4-6,8H2,1-3H3,(H,14,15,16). The van der Waals surface area contributed by atoms with Gasteiger partial charge >= 0.3 is 0 Å². The molecule has 0 aliphatic heterocycles. The summed E-state index contributed by atoms with van der Waals surface area (Å²) in [5, 5.41) is 3.33. The zero-order chi connectivity index (χ0) is 12.3. The zero-order valence-electron chi connectivity index (χ0n) is 10.9. The van der Waals surface area contributed by atoms with Gasteiger partial charge < -0.3 is 10.1 Å². The Hall–Kier alpha value is -1.32. The molecule has 2 rings (SSSR count). The van der Waals surface area contributed by atoms with Crippen molar-refractivity contribution in [1.82, 2.24) is 9.97 Å². The lowest BCUT2D eigenvalue weighted by Gasteiger charge is -2.11. The molecule has 1 aromatic rings. The Labute approximate surface area is 103 Å². The molecule has 1 aliphatic carbocycles. The first-order valence-electron chi connectivity index (χ1n) is 6.44. The Morgan fingerprint density at radius 1 is 1.41 bits per heavy atom. The highest BCUT2D eigenvalue weighted by molar-refractivity contribution is 5.39. The molecule has 1 fully saturated rings. The van der Waals surface area contributed by atoms with Gasteiger partial charge in [0.1, 0.15) is 11.6 Å². The molecular weight excluding hydrogens is 214 g/mol. The second-order valence-corrected chi connectivity index (χ2v) is 4.93. The molecule has 1 aliphatic rings. The molecule has 0 unspecified atom stereocenters. The van der Waals surface area contributed by atoms with E-state index in [0.717, 1.165) is 18.2 Å². The van der Waals surface area contributed by atoms with Crippen LogP contribution in [-0.2, 0) is 0 Å². The van der Waals surface area contributed by atoms with Crippen molar-refractivity contribution in [1.29, 1.82) is 0 Å². The maximum atomic E-state index is 5.48. The van der Waals surface area contributed by atoms with Crippen LogP contribution >= 0.6 is 0 Å². The van der Waals surface area contributed by atoms with Crippen LogP contribution in [0.5, 0.6) is 5.88 Å². The SMILES string of the molecule is CCOc1cc(NCC(C)C)nc(C2CC2)n1. The number of aromatic nitrogens is 2. The normalized spacial score (nSPS) is 15.1. The average Bonchev–Trinajstić information content (AvgIpc) is 3.10. The van der Waals surface area contributed by atoms with E-state index in [0.29, 0.717) is 24.3 Å². The molecular formula is C13H21N3O. The lowest BCUT2D eigenvalue weighted by atomic mass is 10.2. The molecule has 1 aromatic heterocycles. The van der Waals surface area contributed by atoms with Crippen molar-refractivity contribution in [3.63, 3.8) is 0 Å². The van der Waals surface area contributed by atoms with Crippen molar-refractivity contribution >= 4 is 5.82 Å². The Balaban J connectivity index is 2.12. The highest BCUT2D eigenvalue weighted by Crippen LogP contribution is 2.39. The topological polar surface area (TPSA) is 47.0 Å². The summed E-state index contributed by atoms with van der Waals surface area (Å²) in [6, 6.07) is 1.89. The predicted molar refractivity (Wildman–Crippen MR) is 68.5 cm³/mol. The van der Waals surface area contributed by atoms with Crippen molar-refractivity contribution < 1.29 is 4.74 Å². The Morgan fingerprint density at radius 2 is 2.18 bits per heavy atom. The molecule has 0 atom stereocenters. The van der Waals surface area contributed by atoms with Crippen LogP contribution in [0, 0.1) is 5.92 Å². The third-order valence-corrected chi connectivity index (χ3v) is 2.65. The van der Waals surface area contributed by atoms with Crippen molar-refractivity contribution in [2.75, 3.05) is 18.5 Å². The fraction of sp³-hybridized carbons (Fsp3) is 0.692. The van der Waals surface area contributed by atoms with Crippen LogP contribution in [-0.4, -0.2) is 23.1 Å². The van der Waals surface area contributed by atoms with Gasteiger partial charge in [0.25, 0.3) is 0 Å². The minimum absolute atomic E-state index is 0.551. The summed E-state index contributed by atoms with van der Waals surface area (Å²) in [7, 11) is 0. The highest BCUT2D eigenvalue weighted by Gasteiger charge is 2.27. The molecule has 0 radical (unpaired) electrons. The smallest absolute Gasteiger partial charge is 0.218 e. The van der Waals surface area contributed by atoms with Gasteiger partial charge in [-0.2, -0.15) is 4.98 Å². The summed E-state index contributed by atoms with van der Waals surface area (Å²) in [6.45, 7) is 7.90. The van der Waals surface area contributed by atoms with Gasteiger partial charge in [-0.1, -0.05) is 13.8 Å². The van der Waals surface area contributed by atoms with E-state index in [-0.39, 0.29) is 0 Å². The molecule has 1 saturated carbocycles. The van der Waals surface area contributed by atoms with E-state index in [9.17, 15) is 0 Å². The van der Waals surface area contributed by atoms with E-state index in [4.69, 9.17) is 4.74 Å². The van der Waals surface area contributed by atoms with Crippen LogP contribution in [0.15, 0.2) is 6.07 Å². The third-order valence-electron chi connectivity index (χ3n) is 2.65. The molecule has 0 aromatic carbocycles. The monoisotopic (exact) mass is 235 g/mol. The van der Waals surface area contributed by atoms with Gasteiger partial charge in [0, 0.05) is 18.5 Å². The van der Waals surface area contributed by atoms with E-state index in [1.807, 2.05) is 13.0 Å². The van der Waals surface area contributed by atoms with E-state index in [2.05, 4.69) is 29.1 Å². The molecule has 0 amide bonds. The number of ether oxygens (including phenoxy) is 1. The van der Waals surface area contributed by atoms with E-state index in [1.54, 1.807) is 0 Å². The summed E-state index contributed by atoms with van der Waals surface area (Å²) in [4.78, 5) is 8.99. The van der Waals surface area contributed by atoms with Crippen LogP contribution in [0.3, 0.4) is 0 Å². The first kappa shape index (κ1) is 12.1. The van der Waals surface area contributed by atoms with Crippen LogP contribution in [0.1, 0.15) is 45.4 Å². The Bertz CT molecular complexity index is 375. The maximum absolute atomic E-state index is 5.48. The number of anilines is 1. The van der Waals surface area contributed by atoms with Crippen molar-refractivity contribution in [3.05, 3.63) is 11.9 Å². The quantitative estimate of drug-likeness (QED) is 0.823. The Morgan fingerprint density at radius 3 is 2.76 bits per heavy atom. The van der Waals surface area contributed by atoms with Gasteiger partial charge in [0.05, 0.1) is 6.61 Å². The molecule has 4 heteroatoms. The molecule has 0 bridgehead atoms. The van der Waals surface area contributed by atoms with Gasteiger partial charge in [-0.05, 0) is 25.7 Å². The molecule has 4 nitrogen and oxygen atoms in total. The molecule has 1 N–H and O–H groups in total. The fourth-order valence-corrected chi connectivity index (χ4v) is 1.59. The zero-order valence-corrected chi connectivity index (χ0v) is 10.9. The molecule has 0 saturated heterocycles. The lowest BCUT2D eigenvalue weighted by molar-refractivity contribution is 0.325. The summed E-state index contributed by atoms with van der Waals surface area (Å²) in [5.74, 6) is 3.66. The van der Waals surface area contributed by atoms with Gasteiger partial charge in [0.2, 0.25) is 5.88 Å². The molecule has 1 heterocycles. The number of nitrogens with zero attached hydrogens (tertiary/aromatic N) is 2. The van der Waals surface area contributed by atoms with Gasteiger partial charge in [-0.3, -0.25) is 0 Å². The second kappa shape index (κ2) is 5.34. The highest BCUT2D eigenvalue weighted by atomic mass is 16.5. The van der Waals surface area contributed by atoms with Crippen molar-refractivity contribution in [2.45, 2.75) is 39.5 Å². The van der Waals surface area contributed by atoms with E-state index < -0.39 is 0 Å². The van der Waals surface area contributed by atoms with Gasteiger partial charge in [-0.15, -0.1) is 0 Å². The summed E-state index contributed by atoms with van der Waals surface area (Å²) in [6.07, 6.45) is 2.42. The fourth-order valence-electron chi connectivity index (χ4n) is 1.59. The largest absolute Gasteiger partial charge is 0.478 e. The van der Waals surface area contributed by atoms with Crippen LogP contribution in [0.25, 0.3) is 0 Å². The number of rotatable bonds is 6. The predicted octanol–water partition coefficient (Wildman–Crippen LogP) is 2.82. The average molecular weight is 235 g/mol. The van der Waals surface area contributed by atoms with Gasteiger partial charge in [0.15, 0.2) is 0 Å². The lowest BCUT2D eigenvalue weighted by Crippen LogP contribution is -2.11. The van der Waals surface area contributed by atoms with E-state index >= 15 is 0 Å². The first-order valence-corrected chi connectivity index (χ1v) is 6.44. The van der Waals surface area contributed by atoms with Crippen molar-refractivity contribution in [3.8, 4) is 5.88 Å². The molecule has 94 valence electrons. The minimum atomic E-state index is 0.551. The minimum Gasteiger partial charge on any atom is -0.478 e. The van der Waals surface area contributed by atoms with Crippen LogP contribution in [0.4, 0.5) is 5.82 Å². The first-order chi connectivity index (χ1) is 8.19. The Kier molecular flexibility index (Phi) is 3.82. The number of hydrogen-bond acceptors (Lipinski definition) is 4. The third kappa shape index (κ3) is 3.58. The van der Waals surface area contributed by atoms with Gasteiger partial charge in [-0.25, -0.2) is 4.98 Å². The van der Waals surface area contributed by atoms with Crippen LogP contribution < -0.4 is 10.1 Å². The maximum Gasteiger partial charge on any atom is 0.218 e. The number of hydrogen-bond donors (Lipinski definition) is 1. The summed E-state index contributed by atoms with van der Waals surface area (Å²) >= 11 is 0. The second-order valence-electron chi connectivity index (χ2n) is 4.93. The summed E-state index contributed by atoms with van der Waals surface area (Å²) in [5.41, 5.74) is 0. The number of nitrogens with one attached hydrogen (secondary N) is 1. The molecule has 17 heavy (non-hydrogen) atoms. The molecule has 0 spiro atoms. The van der Waals surface area contributed by atoms with Crippen molar-refractivity contribution in [2.24, 2.45) is 5.92 Å².